The normalized spacial score (nSPS) is 11.2. The summed E-state index contributed by atoms with van der Waals surface area (Å²) in [6.07, 6.45) is 1.04. The van der Waals surface area contributed by atoms with Gasteiger partial charge in [-0.15, -0.1) is 12.4 Å². The molecule has 2 amide bonds. The van der Waals surface area contributed by atoms with E-state index >= 15 is 0 Å². The van der Waals surface area contributed by atoms with Crippen LogP contribution < -0.4 is 16.4 Å². The fourth-order valence-corrected chi connectivity index (χ4v) is 1.61. The molecule has 0 aromatic heterocycles. The van der Waals surface area contributed by atoms with Crippen molar-refractivity contribution in [3.8, 4) is 0 Å². The number of nitrogens with two attached hydrogens (primary N) is 1. The van der Waals surface area contributed by atoms with E-state index in [0.717, 1.165) is 5.56 Å². The second kappa shape index (κ2) is 8.55. The molecule has 0 radical (unpaired) electrons. The van der Waals surface area contributed by atoms with E-state index < -0.39 is 0 Å². The molecular formula is C14H22ClN3O2. The Morgan fingerprint density at radius 3 is 2.50 bits per heavy atom. The van der Waals surface area contributed by atoms with Crippen LogP contribution in [0, 0.1) is 6.92 Å². The van der Waals surface area contributed by atoms with Crippen molar-refractivity contribution in [1.82, 2.24) is 0 Å². The molecule has 0 heterocycles. The highest BCUT2D eigenvalue weighted by atomic mass is 35.5. The van der Waals surface area contributed by atoms with Crippen LogP contribution in [-0.4, -0.2) is 17.9 Å². The summed E-state index contributed by atoms with van der Waals surface area (Å²) in [5, 5.41) is 5.52. The number of aryl methyl sites for hydroxylation is 1. The van der Waals surface area contributed by atoms with Gasteiger partial charge in [0.1, 0.15) is 0 Å². The summed E-state index contributed by atoms with van der Waals surface area (Å²) in [6.45, 7) is 5.22. The van der Waals surface area contributed by atoms with E-state index in [-0.39, 0.29) is 30.3 Å². The zero-order valence-electron chi connectivity index (χ0n) is 12.0. The number of benzene rings is 1. The Kier molecular flexibility index (Phi) is 7.87. The van der Waals surface area contributed by atoms with Gasteiger partial charge in [-0.25, -0.2) is 0 Å². The summed E-state index contributed by atoms with van der Waals surface area (Å²) in [7, 11) is 0. The smallest absolute Gasteiger partial charge is 0.224 e. The first kappa shape index (κ1) is 18.4. The molecule has 0 aliphatic carbocycles. The number of amides is 2. The lowest BCUT2D eigenvalue weighted by Gasteiger charge is -2.11. The third kappa shape index (κ3) is 6.54. The molecule has 1 aromatic rings. The van der Waals surface area contributed by atoms with E-state index in [2.05, 4.69) is 10.6 Å². The van der Waals surface area contributed by atoms with Crippen molar-refractivity contribution in [3.63, 3.8) is 0 Å². The molecule has 0 aliphatic heterocycles. The lowest BCUT2D eigenvalue weighted by molar-refractivity contribution is -0.116. The monoisotopic (exact) mass is 299 g/mol. The maximum atomic E-state index is 11.7. The van der Waals surface area contributed by atoms with Crippen LogP contribution in [0.3, 0.4) is 0 Å². The Bertz CT molecular complexity index is 475. The highest BCUT2D eigenvalue weighted by Gasteiger charge is 2.07. The molecule has 1 atom stereocenters. The van der Waals surface area contributed by atoms with Gasteiger partial charge in [-0.1, -0.05) is 6.07 Å². The number of carbonyl (C=O) groups excluding carboxylic acids is 2. The minimum atomic E-state index is -0.141. The van der Waals surface area contributed by atoms with Gasteiger partial charge in [0, 0.05) is 30.8 Å². The second-order valence-corrected chi connectivity index (χ2v) is 4.78. The summed E-state index contributed by atoms with van der Waals surface area (Å²) in [4.78, 5) is 22.7. The van der Waals surface area contributed by atoms with Crippen molar-refractivity contribution in [2.24, 2.45) is 5.73 Å². The van der Waals surface area contributed by atoms with Crippen molar-refractivity contribution in [1.29, 1.82) is 0 Å². The maximum absolute atomic E-state index is 11.7. The number of halogens is 1. The summed E-state index contributed by atoms with van der Waals surface area (Å²) in [5.41, 5.74) is 7.94. The van der Waals surface area contributed by atoms with Crippen LogP contribution in [-0.2, 0) is 9.59 Å². The van der Waals surface area contributed by atoms with E-state index in [4.69, 9.17) is 5.73 Å². The van der Waals surface area contributed by atoms with Gasteiger partial charge in [0.25, 0.3) is 0 Å². The quantitative estimate of drug-likeness (QED) is 0.781. The zero-order valence-corrected chi connectivity index (χ0v) is 12.8. The van der Waals surface area contributed by atoms with E-state index in [0.29, 0.717) is 24.2 Å². The second-order valence-electron chi connectivity index (χ2n) is 4.78. The van der Waals surface area contributed by atoms with Crippen molar-refractivity contribution in [2.75, 3.05) is 10.6 Å². The van der Waals surface area contributed by atoms with Crippen LogP contribution in [0.4, 0.5) is 11.4 Å². The maximum Gasteiger partial charge on any atom is 0.224 e. The molecule has 0 saturated heterocycles. The molecule has 5 nitrogen and oxygen atoms in total. The zero-order chi connectivity index (χ0) is 14.4. The highest BCUT2D eigenvalue weighted by molar-refractivity contribution is 5.94. The van der Waals surface area contributed by atoms with E-state index in [1.165, 1.54) is 6.92 Å². The average Bonchev–Trinajstić information content (AvgIpc) is 2.30. The lowest BCUT2D eigenvalue weighted by Crippen LogP contribution is -2.19. The molecule has 20 heavy (non-hydrogen) atoms. The van der Waals surface area contributed by atoms with Gasteiger partial charge in [0.15, 0.2) is 0 Å². The number of anilines is 2. The average molecular weight is 300 g/mol. The van der Waals surface area contributed by atoms with Crippen LogP contribution in [0.15, 0.2) is 18.2 Å². The van der Waals surface area contributed by atoms with E-state index in [1.807, 2.05) is 19.9 Å². The lowest BCUT2D eigenvalue weighted by atomic mass is 10.1. The Hall–Kier alpha value is -1.59. The first-order chi connectivity index (χ1) is 8.88. The molecule has 4 N–H and O–H groups in total. The van der Waals surface area contributed by atoms with Crippen molar-refractivity contribution < 1.29 is 9.59 Å². The number of carbonyl (C=O) groups is 2. The van der Waals surface area contributed by atoms with Crippen molar-refractivity contribution in [2.45, 2.75) is 39.7 Å². The molecule has 6 heteroatoms. The van der Waals surface area contributed by atoms with Crippen LogP contribution >= 0.6 is 12.4 Å². The minimum Gasteiger partial charge on any atom is -0.328 e. The number of nitrogens with one attached hydrogen (secondary N) is 2. The molecule has 0 bridgehead atoms. The minimum absolute atomic E-state index is 0. The molecule has 0 aliphatic rings. The number of rotatable bonds is 5. The Morgan fingerprint density at radius 1 is 1.30 bits per heavy atom. The van der Waals surface area contributed by atoms with Gasteiger partial charge < -0.3 is 16.4 Å². The van der Waals surface area contributed by atoms with E-state index in [9.17, 15) is 9.59 Å². The Morgan fingerprint density at radius 2 is 1.95 bits per heavy atom. The van der Waals surface area contributed by atoms with E-state index in [1.54, 1.807) is 12.1 Å². The van der Waals surface area contributed by atoms with Crippen molar-refractivity contribution >= 4 is 35.6 Å². The largest absolute Gasteiger partial charge is 0.328 e. The molecule has 1 aromatic carbocycles. The van der Waals surface area contributed by atoms with Gasteiger partial charge >= 0.3 is 0 Å². The molecule has 1 unspecified atom stereocenters. The van der Waals surface area contributed by atoms with Crippen LogP contribution in [0.1, 0.15) is 32.3 Å². The summed E-state index contributed by atoms with van der Waals surface area (Å²) >= 11 is 0. The molecule has 0 fully saturated rings. The summed E-state index contributed by atoms with van der Waals surface area (Å²) in [6, 6.07) is 5.42. The highest BCUT2D eigenvalue weighted by Crippen LogP contribution is 2.20. The van der Waals surface area contributed by atoms with Crippen LogP contribution in [0.5, 0.6) is 0 Å². The van der Waals surface area contributed by atoms with Gasteiger partial charge in [0.2, 0.25) is 11.8 Å². The summed E-state index contributed by atoms with van der Waals surface area (Å²) < 4.78 is 0. The van der Waals surface area contributed by atoms with Gasteiger partial charge in [-0.3, -0.25) is 9.59 Å². The van der Waals surface area contributed by atoms with Gasteiger partial charge in [-0.2, -0.15) is 0 Å². The number of hydrogen-bond donors (Lipinski definition) is 3. The molecular weight excluding hydrogens is 278 g/mol. The van der Waals surface area contributed by atoms with Crippen LogP contribution in [0.2, 0.25) is 0 Å². The Labute approximate surface area is 125 Å². The molecule has 0 saturated carbocycles. The van der Waals surface area contributed by atoms with Gasteiger partial charge in [-0.05, 0) is 38.0 Å². The van der Waals surface area contributed by atoms with Crippen LogP contribution in [0.25, 0.3) is 0 Å². The van der Waals surface area contributed by atoms with Crippen molar-refractivity contribution in [3.05, 3.63) is 23.8 Å². The molecule has 1 rings (SSSR count). The fourth-order valence-electron chi connectivity index (χ4n) is 1.61. The first-order valence-electron chi connectivity index (χ1n) is 6.32. The first-order valence-corrected chi connectivity index (χ1v) is 6.32. The summed E-state index contributed by atoms with van der Waals surface area (Å²) in [5.74, 6) is -0.210. The molecule has 112 valence electrons. The fraction of sp³-hybridized carbons (Fsp3) is 0.429. The predicted octanol–water partition coefficient (Wildman–Crippen LogP) is 2.44. The Balaban J connectivity index is 0.00000361. The van der Waals surface area contributed by atoms with Gasteiger partial charge in [0.05, 0.1) is 0 Å². The SMILES string of the molecule is CC(=O)Nc1ccc(C)c(NC(=O)CCC(C)N)c1.Cl. The predicted molar refractivity (Wildman–Crippen MR) is 84.2 cm³/mol. The third-order valence-electron chi connectivity index (χ3n) is 2.66. The number of hydrogen-bond acceptors (Lipinski definition) is 3. The third-order valence-corrected chi connectivity index (χ3v) is 2.66. The molecule has 0 spiro atoms. The standard InChI is InChI=1S/C14H21N3O2.ClH/c1-9-4-6-12(16-11(3)18)8-13(9)17-14(19)7-5-10(2)15;/h4,6,8,10H,5,7,15H2,1-3H3,(H,16,18)(H,17,19);1H. The topological polar surface area (TPSA) is 84.2 Å².